The molecule has 0 fully saturated rings. The van der Waals surface area contributed by atoms with Crippen LogP contribution in [-0.2, 0) is 4.79 Å². The van der Waals surface area contributed by atoms with Crippen LogP contribution in [0.1, 0.15) is 28.9 Å². The Morgan fingerprint density at radius 3 is 2.61 bits per heavy atom. The van der Waals surface area contributed by atoms with Crippen LogP contribution in [0.5, 0.6) is 5.75 Å². The molecular weight excluding hydrogens is 374 g/mol. The number of nitrogens with one attached hydrogen (secondary N) is 2. The Morgan fingerprint density at radius 1 is 1.25 bits per heavy atom. The van der Waals surface area contributed by atoms with E-state index < -0.39 is 0 Å². The Kier molecular flexibility index (Phi) is 6.26. The van der Waals surface area contributed by atoms with Crippen LogP contribution in [0.3, 0.4) is 0 Å². The van der Waals surface area contributed by atoms with Gasteiger partial charge < -0.3 is 20.3 Å². The molecule has 28 heavy (non-hydrogen) atoms. The maximum atomic E-state index is 12.7. The second kappa shape index (κ2) is 8.67. The highest BCUT2D eigenvalue weighted by Crippen LogP contribution is 2.35. The standard InChI is InChI=1S/C21H25N3O3S/c1-13-20(25)23-17-11-15(7-10-19(17)28-13)21(26)22-12-18(24(2)3)14-5-8-16(27-4)9-6-14/h5-11,13,18H,12H2,1-4H3,(H,22,26)(H,23,25)/t13-,18+/m0/s1. The van der Waals surface area contributed by atoms with Crippen molar-refractivity contribution in [2.45, 2.75) is 23.1 Å². The fraction of sp³-hybridized carbons (Fsp3) is 0.333. The number of nitrogens with zero attached hydrogens (tertiary/aromatic N) is 1. The van der Waals surface area contributed by atoms with Gasteiger partial charge in [0.2, 0.25) is 5.91 Å². The topological polar surface area (TPSA) is 70.7 Å². The first-order valence-corrected chi connectivity index (χ1v) is 9.97. The van der Waals surface area contributed by atoms with E-state index in [1.54, 1.807) is 19.2 Å². The van der Waals surface area contributed by atoms with Crippen molar-refractivity contribution in [3.8, 4) is 5.75 Å². The summed E-state index contributed by atoms with van der Waals surface area (Å²) in [6.45, 7) is 2.33. The third-order valence-corrected chi connectivity index (χ3v) is 5.93. The van der Waals surface area contributed by atoms with Crippen molar-refractivity contribution in [3.63, 3.8) is 0 Å². The number of carbonyl (C=O) groups is 2. The van der Waals surface area contributed by atoms with E-state index in [-0.39, 0.29) is 23.1 Å². The molecule has 0 saturated carbocycles. The molecule has 2 aromatic carbocycles. The van der Waals surface area contributed by atoms with Crippen LogP contribution < -0.4 is 15.4 Å². The van der Waals surface area contributed by atoms with Crippen LogP contribution in [0.15, 0.2) is 47.4 Å². The summed E-state index contributed by atoms with van der Waals surface area (Å²) in [5, 5.41) is 5.74. The SMILES string of the molecule is COc1ccc([C@@H](CNC(=O)c2ccc3c(c2)NC(=O)[C@H](C)S3)N(C)C)cc1. The summed E-state index contributed by atoms with van der Waals surface area (Å²) in [4.78, 5) is 27.6. The Hall–Kier alpha value is -2.51. The van der Waals surface area contributed by atoms with Crippen LogP contribution in [0.2, 0.25) is 0 Å². The van der Waals surface area contributed by atoms with E-state index in [1.807, 2.05) is 51.4 Å². The van der Waals surface area contributed by atoms with Gasteiger partial charge in [-0.2, -0.15) is 0 Å². The molecule has 0 bridgehead atoms. The summed E-state index contributed by atoms with van der Waals surface area (Å²) in [5.74, 6) is 0.594. The molecule has 0 unspecified atom stereocenters. The zero-order valence-electron chi connectivity index (χ0n) is 16.5. The number of anilines is 1. The smallest absolute Gasteiger partial charge is 0.251 e. The Balaban J connectivity index is 1.69. The summed E-state index contributed by atoms with van der Waals surface area (Å²) in [5.41, 5.74) is 2.32. The summed E-state index contributed by atoms with van der Waals surface area (Å²) >= 11 is 1.50. The number of amides is 2. The van der Waals surface area contributed by atoms with Gasteiger partial charge in [-0.1, -0.05) is 12.1 Å². The minimum Gasteiger partial charge on any atom is -0.497 e. The normalized spacial score (nSPS) is 16.9. The first-order chi connectivity index (χ1) is 13.4. The van der Waals surface area contributed by atoms with Crippen molar-refractivity contribution in [3.05, 3.63) is 53.6 Å². The zero-order valence-corrected chi connectivity index (χ0v) is 17.3. The molecule has 2 amide bonds. The highest BCUT2D eigenvalue weighted by molar-refractivity contribution is 8.00. The highest BCUT2D eigenvalue weighted by atomic mass is 32.2. The summed E-state index contributed by atoms with van der Waals surface area (Å²) < 4.78 is 5.21. The molecular formula is C21H25N3O3S. The van der Waals surface area contributed by atoms with Crippen molar-refractivity contribution < 1.29 is 14.3 Å². The summed E-state index contributed by atoms with van der Waals surface area (Å²) in [7, 11) is 5.60. The van der Waals surface area contributed by atoms with Crippen LogP contribution in [0.25, 0.3) is 0 Å². The fourth-order valence-electron chi connectivity index (χ4n) is 3.07. The molecule has 2 aromatic rings. The number of fused-ring (bicyclic) bond motifs is 1. The number of rotatable bonds is 6. The first kappa shape index (κ1) is 20.2. The molecule has 1 aliphatic rings. The molecule has 2 atom stereocenters. The van der Waals surface area contributed by atoms with Crippen molar-refractivity contribution in [1.29, 1.82) is 0 Å². The van der Waals surface area contributed by atoms with Gasteiger partial charge in [-0.3, -0.25) is 9.59 Å². The number of methoxy groups -OCH3 is 1. The van der Waals surface area contributed by atoms with E-state index >= 15 is 0 Å². The Labute approximate surface area is 169 Å². The van der Waals surface area contributed by atoms with E-state index in [0.29, 0.717) is 17.8 Å². The maximum absolute atomic E-state index is 12.7. The number of thioether (sulfide) groups is 1. The molecule has 0 radical (unpaired) electrons. The van der Waals surface area contributed by atoms with Crippen molar-refractivity contribution in [2.24, 2.45) is 0 Å². The van der Waals surface area contributed by atoms with Gasteiger partial charge >= 0.3 is 0 Å². The predicted octanol–water partition coefficient (Wildman–Crippen LogP) is 3.16. The Morgan fingerprint density at radius 2 is 1.96 bits per heavy atom. The molecule has 0 saturated heterocycles. The van der Waals surface area contributed by atoms with Crippen molar-refractivity contribution in [2.75, 3.05) is 33.1 Å². The molecule has 148 valence electrons. The lowest BCUT2D eigenvalue weighted by Gasteiger charge is -2.25. The molecule has 0 spiro atoms. The predicted molar refractivity (Wildman–Crippen MR) is 112 cm³/mol. The molecule has 1 aliphatic heterocycles. The van der Waals surface area contributed by atoms with Gasteiger partial charge in [0.15, 0.2) is 0 Å². The molecule has 0 aliphatic carbocycles. The lowest BCUT2D eigenvalue weighted by molar-refractivity contribution is -0.115. The second-order valence-electron chi connectivity index (χ2n) is 6.92. The van der Waals surface area contributed by atoms with Crippen LogP contribution >= 0.6 is 11.8 Å². The average Bonchev–Trinajstić information content (AvgIpc) is 2.68. The highest BCUT2D eigenvalue weighted by Gasteiger charge is 2.24. The number of likely N-dealkylation sites (N-methyl/N-ethyl adjacent to an activating group) is 1. The summed E-state index contributed by atoms with van der Waals surface area (Å²) in [6, 6.07) is 13.3. The van der Waals surface area contributed by atoms with Gasteiger partial charge in [0.05, 0.1) is 24.1 Å². The largest absolute Gasteiger partial charge is 0.497 e. The number of benzene rings is 2. The molecule has 2 N–H and O–H groups in total. The average molecular weight is 400 g/mol. The molecule has 6 nitrogen and oxygen atoms in total. The third kappa shape index (κ3) is 4.48. The van der Waals surface area contributed by atoms with Gasteiger partial charge in [-0.15, -0.1) is 11.8 Å². The quantitative estimate of drug-likeness (QED) is 0.781. The zero-order chi connectivity index (χ0) is 20.3. The Bertz CT molecular complexity index is 868. The lowest BCUT2D eigenvalue weighted by Crippen LogP contribution is -2.34. The van der Waals surface area contributed by atoms with E-state index in [1.165, 1.54) is 11.8 Å². The number of hydrogen-bond acceptors (Lipinski definition) is 5. The second-order valence-corrected chi connectivity index (χ2v) is 8.31. The fourth-order valence-corrected chi connectivity index (χ4v) is 4.00. The molecule has 1 heterocycles. The minimum atomic E-state index is -0.166. The number of carbonyl (C=O) groups excluding carboxylic acids is 2. The van der Waals surface area contributed by atoms with Gasteiger partial charge in [0.25, 0.3) is 5.91 Å². The number of hydrogen-bond donors (Lipinski definition) is 2. The van der Waals surface area contributed by atoms with Crippen LogP contribution in [-0.4, -0.2) is 49.7 Å². The van der Waals surface area contributed by atoms with Gasteiger partial charge in [0, 0.05) is 17.0 Å². The third-order valence-electron chi connectivity index (χ3n) is 4.75. The first-order valence-electron chi connectivity index (χ1n) is 9.09. The van der Waals surface area contributed by atoms with E-state index in [4.69, 9.17) is 4.74 Å². The van der Waals surface area contributed by atoms with Gasteiger partial charge in [0.1, 0.15) is 5.75 Å². The van der Waals surface area contributed by atoms with Crippen LogP contribution in [0, 0.1) is 0 Å². The lowest BCUT2D eigenvalue weighted by atomic mass is 10.1. The van der Waals surface area contributed by atoms with Crippen LogP contribution in [0.4, 0.5) is 5.69 Å². The minimum absolute atomic E-state index is 0.0311. The number of ether oxygens (including phenoxy) is 1. The van der Waals surface area contributed by atoms with Crippen molar-refractivity contribution >= 4 is 29.3 Å². The van der Waals surface area contributed by atoms with E-state index in [9.17, 15) is 9.59 Å². The van der Waals surface area contributed by atoms with E-state index in [2.05, 4.69) is 15.5 Å². The van der Waals surface area contributed by atoms with Crippen molar-refractivity contribution in [1.82, 2.24) is 10.2 Å². The monoisotopic (exact) mass is 399 g/mol. The molecule has 0 aromatic heterocycles. The summed E-state index contributed by atoms with van der Waals surface area (Å²) in [6.07, 6.45) is 0. The molecule has 7 heteroatoms. The van der Waals surface area contributed by atoms with E-state index in [0.717, 1.165) is 16.2 Å². The van der Waals surface area contributed by atoms with Gasteiger partial charge in [-0.25, -0.2) is 0 Å². The van der Waals surface area contributed by atoms with Gasteiger partial charge in [-0.05, 0) is 56.9 Å². The maximum Gasteiger partial charge on any atom is 0.251 e. The molecule has 3 rings (SSSR count).